The van der Waals surface area contributed by atoms with Crippen LogP contribution in [-0.2, 0) is 25.7 Å². The van der Waals surface area contributed by atoms with Crippen molar-refractivity contribution in [2.24, 2.45) is 5.41 Å². The Hall–Kier alpha value is -3.92. The first-order chi connectivity index (χ1) is 15.9. The van der Waals surface area contributed by atoms with E-state index in [1.54, 1.807) is 0 Å². The van der Waals surface area contributed by atoms with E-state index in [4.69, 9.17) is 22.9 Å². The molecule has 0 fully saturated rings. The van der Waals surface area contributed by atoms with E-state index in [0.29, 0.717) is 0 Å². The van der Waals surface area contributed by atoms with Gasteiger partial charge in [0.2, 0.25) is 0 Å². The number of benzene rings is 4. The SMILES string of the molecule is Nc1ccc(CC(Cc2ccc(N)cc2)(Cc2ccc(N)cc2)Cc2ccc(N)cc2)cc1. The molecule has 0 spiro atoms. The fourth-order valence-electron chi connectivity index (χ4n) is 4.65. The average molecular weight is 437 g/mol. The zero-order chi connectivity index (χ0) is 23.3. The summed E-state index contributed by atoms with van der Waals surface area (Å²) in [5.41, 5.74) is 32.0. The van der Waals surface area contributed by atoms with Crippen molar-refractivity contribution >= 4 is 22.7 Å². The molecule has 0 unspecified atom stereocenters. The molecule has 4 heteroatoms. The fraction of sp³-hybridized carbons (Fsp3) is 0.172. The molecule has 0 aliphatic rings. The molecule has 0 aliphatic carbocycles. The largest absolute Gasteiger partial charge is 0.399 e. The van der Waals surface area contributed by atoms with Crippen molar-refractivity contribution < 1.29 is 0 Å². The zero-order valence-corrected chi connectivity index (χ0v) is 18.9. The van der Waals surface area contributed by atoms with Crippen LogP contribution in [-0.4, -0.2) is 0 Å². The van der Waals surface area contributed by atoms with E-state index < -0.39 is 0 Å². The van der Waals surface area contributed by atoms with Crippen LogP contribution in [0.5, 0.6) is 0 Å². The Morgan fingerprint density at radius 2 is 0.515 bits per heavy atom. The van der Waals surface area contributed by atoms with Gasteiger partial charge in [0.05, 0.1) is 0 Å². The van der Waals surface area contributed by atoms with Crippen LogP contribution in [0.2, 0.25) is 0 Å². The van der Waals surface area contributed by atoms with Gasteiger partial charge in [-0.05, 0) is 102 Å². The molecular formula is C29H32N4. The molecule has 0 saturated carbocycles. The van der Waals surface area contributed by atoms with Crippen molar-refractivity contribution in [1.82, 2.24) is 0 Å². The lowest BCUT2D eigenvalue weighted by Crippen LogP contribution is -2.32. The number of hydrogen-bond acceptors (Lipinski definition) is 4. The quantitative estimate of drug-likeness (QED) is 0.282. The summed E-state index contributed by atoms with van der Waals surface area (Å²) < 4.78 is 0. The van der Waals surface area contributed by atoms with E-state index in [2.05, 4.69) is 48.5 Å². The molecule has 4 rings (SSSR count). The monoisotopic (exact) mass is 436 g/mol. The lowest BCUT2D eigenvalue weighted by Gasteiger charge is -2.35. The van der Waals surface area contributed by atoms with Gasteiger partial charge in [0.15, 0.2) is 0 Å². The van der Waals surface area contributed by atoms with Crippen LogP contribution in [0.4, 0.5) is 22.7 Å². The van der Waals surface area contributed by atoms with E-state index in [1.807, 2.05) is 48.5 Å². The van der Waals surface area contributed by atoms with Crippen molar-refractivity contribution in [2.75, 3.05) is 22.9 Å². The molecule has 4 aromatic carbocycles. The minimum atomic E-state index is -0.0710. The standard InChI is InChI=1S/C29H32N4/c30-25-9-1-21(2-10-25)17-29(18-22-3-11-26(31)12-4-22,19-23-5-13-27(32)14-6-23)20-24-7-15-28(33)16-8-24/h1-16H,17-20,30-33H2. The molecule has 4 aromatic rings. The molecule has 168 valence electrons. The Labute approximate surface area is 196 Å². The molecule has 0 atom stereocenters. The molecule has 0 heterocycles. The van der Waals surface area contributed by atoms with Gasteiger partial charge in [-0.25, -0.2) is 0 Å². The maximum Gasteiger partial charge on any atom is 0.0314 e. The predicted octanol–water partition coefficient (Wildman–Crippen LogP) is 5.27. The van der Waals surface area contributed by atoms with Crippen molar-refractivity contribution in [3.05, 3.63) is 119 Å². The Morgan fingerprint density at radius 1 is 0.333 bits per heavy atom. The van der Waals surface area contributed by atoms with Crippen LogP contribution in [0.1, 0.15) is 22.3 Å². The van der Waals surface area contributed by atoms with E-state index in [-0.39, 0.29) is 5.41 Å². The average Bonchev–Trinajstić information content (AvgIpc) is 2.80. The Balaban J connectivity index is 1.77. The normalized spacial score (nSPS) is 11.4. The van der Waals surface area contributed by atoms with E-state index in [1.165, 1.54) is 22.3 Å². The second-order valence-corrected chi connectivity index (χ2v) is 9.17. The van der Waals surface area contributed by atoms with E-state index >= 15 is 0 Å². The highest BCUT2D eigenvalue weighted by Crippen LogP contribution is 2.37. The van der Waals surface area contributed by atoms with E-state index in [0.717, 1.165) is 48.4 Å². The summed E-state index contributed by atoms with van der Waals surface area (Å²) >= 11 is 0. The van der Waals surface area contributed by atoms with Crippen LogP contribution < -0.4 is 22.9 Å². The van der Waals surface area contributed by atoms with E-state index in [9.17, 15) is 0 Å². The Morgan fingerprint density at radius 3 is 0.697 bits per heavy atom. The summed E-state index contributed by atoms with van der Waals surface area (Å²) in [4.78, 5) is 0. The molecule has 4 nitrogen and oxygen atoms in total. The van der Waals surface area contributed by atoms with Crippen molar-refractivity contribution in [3.8, 4) is 0 Å². The lowest BCUT2D eigenvalue weighted by molar-refractivity contribution is 0.275. The predicted molar refractivity (Wildman–Crippen MR) is 141 cm³/mol. The number of rotatable bonds is 8. The maximum atomic E-state index is 5.97. The third kappa shape index (κ3) is 6.07. The fourth-order valence-corrected chi connectivity index (χ4v) is 4.65. The van der Waals surface area contributed by atoms with Gasteiger partial charge in [0.1, 0.15) is 0 Å². The van der Waals surface area contributed by atoms with Gasteiger partial charge in [-0.2, -0.15) is 0 Å². The first kappa shape index (κ1) is 22.3. The summed E-state index contributed by atoms with van der Waals surface area (Å²) in [6.07, 6.45) is 3.64. The summed E-state index contributed by atoms with van der Waals surface area (Å²) in [7, 11) is 0. The molecule has 0 amide bonds. The van der Waals surface area contributed by atoms with Gasteiger partial charge < -0.3 is 22.9 Å². The molecule has 0 bridgehead atoms. The number of anilines is 4. The molecule has 8 N–H and O–H groups in total. The molecular weight excluding hydrogens is 404 g/mol. The minimum Gasteiger partial charge on any atom is -0.399 e. The zero-order valence-electron chi connectivity index (χ0n) is 18.9. The van der Waals surface area contributed by atoms with Crippen LogP contribution >= 0.6 is 0 Å². The van der Waals surface area contributed by atoms with Gasteiger partial charge in [-0.15, -0.1) is 0 Å². The van der Waals surface area contributed by atoms with Crippen LogP contribution in [0, 0.1) is 5.41 Å². The minimum absolute atomic E-state index is 0.0710. The summed E-state index contributed by atoms with van der Waals surface area (Å²) in [6.45, 7) is 0. The maximum absolute atomic E-state index is 5.97. The molecule has 0 aliphatic heterocycles. The first-order valence-electron chi connectivity index (χ1n) is 11.3. The van der Waals surface area contributed by atoms with Gasteiger partial charge in [0, 0.05) is 22.7 Å². The molecule has 0 aromatic heterocycles. The lowest BCUT2D eigenvalue weighted by atomic mass is 9.68. The number of hydrogen-bond donors (Lipinski definition) is 4. The molecule has 0 radical (unpaired) electrons. The Kier molecular flexibility index (Phi) is 6.55. The van der Waals surface area contributed by atoms with Gasteiger partial charge in [-0.1, -0.05) is 48.5 Å². The van der Waals surface area contributed by atoms with Crippen LogP contribution in [0.3, 0.4) is 0 Å². The summed E-state index contributed by atoms with van der Waals surface area (Å²) in [5.74, 6) is 0. The van der Waals surface area contributed by atoms with Gasteiger partial charge >= 0.3 is 0 Å². The van der Waals surface area contributed by atoms with Crippen molar-refractivity contribution in [1.29, 1.82) is 0 Å². The third-order valence-corrected chi connectivity index (χ3v) is 6.24. The van der Waals surface area contributed by atoms with Crippen molar-refractivity contribution in [2.45, 2.75) is 25.7 Å². The topological polar surface area (TPSA) is 104 Å². The second kappa shape index (κ2) is 9.70. The van der Waals surface area contributed by atoms with Crippen molar-refractivity contribution in [3.63, 3.8) is 0 Å². The number of nitrogen functional groups attached to an aromatic ring is 4. The highest BCUT2D eigenvalue weighted by molar-refractivity contribution is 5.44. The van der Waals surface area contributed by atoms with Crippen LogP contribution in [0.15, 0.2) is 97.1 Å². The first-order valence-corrected chi connectivity index (χ1v) is 11.3. The summed E-state index contributed by atoms with van der Waals surface area (Å²) in [5, 5.41) is 0. The molecule has 0 saturated heterocycles. The highest BCUT2D eigenvalue weighted by atomic mass is 14.6. The van der Waals surface area contributed by atoms with Gasteiger partial charge in [0.25, 0.3) is 0 Å². The molecule has 33 heavy (non-hydrogen) atoms. The Bertz CT molecular complexity index is 967. The van der Waals surface area contributed by atoms with Crippen LogP contribution in [0.25, 0.3) is 0 Å². The highest BCUT2D eigenvalue weighted by Gasteiger charge is 2.32. The second-order valence-electron chi connectivity index (χ2n) is 9.17. The third-order valence-electron chi connectivity index (χ3n) is 6.24. The van der Waals surface area contributed by atoms with Gasteiger partial charge in [-0.3, -0.25) is 0 Å². The number of nitrogens with two attached hydrogens (primary N) is 4. The smallest absolute Gasteiger partial charge is 0.0314 e. The summed E-state index contributed by atoms with van der Waals surface area (Å²) in [6, 6.07) is 33.0.